The SMILES string of the molecule is CC(C)c1ccc(CNC(=O)C(=O)N/N=C\c2ccccc2OCC(=O)Nc2ccc(F)cc2)cc1. The van der Waals surface area contributed by atoms with Crippen molar-refractivity contribution < 1.29 is 23.5 Å². The second-order valence-corrected chi connectivity index (χ2v) is 8.16. The number of ether oxygens (including phenoxy) is 1. The predicted molar refractivity (Wildman–Crippen MR) is 135 cm³/mol. The maximum absolute atomic E-state index is 13.0. The molecule has 8 nitrogen and oxygen atoms in total. The quantitative estimate of drug-likeness (QED) is 0.241. The van der Waals surface area contributed by atoms with Gasteiger partial charge in [-0.15, -0.1) is 0 Å². The van der Waals surface area contributed by atoms with E-state index in [1.54, 1.807) is 24.3 Å². The molecule has 0 aliphatic heterocycles. The van der Waals surface area contributed by atoms with E-state index in [1.807, 2.05) is 24.3 Å². The fourth-order valence-electron chi connectivity index (χ4n) is 3.09. The topological polar surface area (TPSA) is 109 Å². The Kier molecular flexibility index (Phi) is 9.27. The second kappa shape index (κ2) is 12.8. The number of anilines is 1. The van der Waals surface area contributed by atoms with E-state index in [9.17, 15) is 18.8 Å². The van der Waals surface area contributed by atoms with Crippen LogP contribution in [0.1, 0.15) is 36.5 Å². The van der Waals surface area contributed by atoms with Crippen LogP contribution in [0.15, 0.2) is 77.9 Å². The molecular weight excluding hydrogens is 463 g/mol. The Bertz CT molecular complexity index is 1230. The zero-order chi connectivity index (χ0) is 25.9. The highest BCUT2D eigenvalue weighted by molar-refractivity contribution is 6.35. The van der Waals surface area contributed by atoms with Gasteiger partial charge in [0, 0.05) is 17.8 Å². The maximum Gasteiger partial charge on any atom is 0.329 e. The van der Waals surface area contributed by atoms with E-state index in [-0.39, 0.29) is 13.2 Å². The Hall–Kier alpha value is -4.53. The molecule has 0 saturated carbocycles. The molecule has 0 heterocycles. The van der Waals surface area contributed by atoms with E-state index in [0.717, 1.165) is 5.56 Å². The molecule has 0 radical (unpaired) electrons. The molecule has 0 spiro atoms. The van der Waals surface area contributed by atoms with Gasteiger partial charge in [-0.25, -0.2) is 9.82 Å². The van der Waals surface area contributed by atoms with Crippen LogP contribution in [0.4, 0.5) is 10.1 Å². The van der Waals surface area contributed by atoms with Gasteiger partial charge in [0.15, 0.2) is 6.61 Å². The van der Waals surface area contributed by atoms with Crippen LogP contribution in [0.25, 0.3) is 0 Å². The highest BCUT2D eigenvalue weighted by Crippen LogP contribution is 2.16. The van der Waals surface area contributed by atoms with Gasteiger partial charge >= 0.3 is 11.8 Å². The molecule has 9 heteroatoms. The van der Waals surface area contributed by atoms with Crippen LogP contribution in [0.5, 0.6) is 5.75 Å². The molecule has 0 fully saturated rings. The lowest BCUT2D eigenvalue weighted by Gasteiger charge is -2.09. The zero-order valence-corrected chi connectivity index (χ0v) is 20.0. The standard InChI is InChI=1S/C27H27FN4O4/c1-18(2)20-9-7-19(8-10-20)15-29-26(34)27(35)32-30-16-21-5-3-4-6-24(21)36-17-25(33)31-23-13-11-22(28)12-14-23/h3-14,16,18H,15,17H2,1-2H3,(H,29,34)(H,31,33)(H,32,35)/b30-16-. The Morgan fingerprint density at radius 2 is 1.64 bits per heavy atom. The number of halogens is 1. The average Bonchev–Trinajstić information content (AvgIpc) is 2.88. The lowest BCUT2D eigenvalue weighted by Crippen LogP contribution is -2.37. The van der Waals surface area contributed by atoms with E-state index < -0.39 is 23.5 Å². The van der Waals surface area contributed by atoms with Crippen molar-refractivity contribution in [2.24, 2.45) is 5.10 Å². The molecule has 0 aliphatic carbocycles. The van der Waals surface area contributed by atoms with Gasteiger partial charge in [0.2, 0.25) is 0 Å². The van der Waals surface area contributed by atoms with Crippen molar-refractivity contribution in [2.75, 3.05) is 11.9 Å². The highest BCUT2D eigenvalue weighted by Gasteiger charge is 2.12. The number of nitrogens with zero attached hydrogens (tertiary/aromatic N) is 1. The van der Waals surface area contributed by atoms with E-state index in [2.05, 4.69) is 35.0 Å². The summed E-state index contributed by atoms with van der Waals surface area (Å²) in [6, 6.07) is 19.9. The number of para-hydroxylation sites is 1. The van der Waals surface area contributed by atoms with Gasteiger partial charge in [-0.05, 0) is 53.4 Å². The zero-order valence-electron chi connectivity index (χ0n) is 20.0. The summed E-state index contributed by atoms with van der Waals surface area (Å²) in [4.78, 5) is 36.2. The van der Waals surface area contributed by atoms with Crippen LogP contribution < -0.4 is 20.8 Å². The van der Waals surface area contributed by atoms with Crippen molar-refractivity contribution in [1.29, 1.82) is 0 Å². The van der Waals surface area contributed by atoms with Gasteiger partial charge < -0.3 is 15.4 Å². The summed E-state index contributed by atoms with van der Waals surface area (Å²) in [5, 5.41) is 8.95. The summed E-state index contributed by atoms with van der Waals surface area (Å²) in [6.07, 6.45) is 1.31. The molecule has 3 aromatic rings. The first-order valence-electron chi connectivity index (χ1n) is 11.3. The van der Waals surface area contributed by atoms with E-state index in [1.165, 1.54) is 36.0 Å². The van der Waals surface area contributed by atoms with Crippen LogP contribution in [0.2, 0.25) is 0 Å². The number of carbonyl (C=O) groups excluding carboxylic acids is 3. The Labute approximate surface area is 208 Å². The Balaban J connectivity index is 1.47. The molecule has 3 rings (SSSR count). The summed E-state index contributed by atoms with van der Waals surface area (Å²) in [6.45, 7) is 4.11. The first-order chi connectivity index (χ1) is 17.3. The molecule has 0 saturated heterocycles. The number of hydrogen-bond acceptors (Lipinski definition) is 5. The number of carbonyl (C=O) groups is 3. The van der Waals surface area contributed by atoms with E-state index in [0.29, 0.717) is 22.9 Å². The number of hydrogen-bond donors (Lipinski definition) is 3. The first kappa shape index (κ1) is 26.1. The van der Waals surface area contributed by atoms with Crippen molar-refractivity contribution >= 4 is 29.6 Å². The van der Waals surface area contributed by atoms with Crippen molar-refractivity contribution in [3.05, 3.63) is 95.3 Å². The minimum Gasteiger partial charge on any atom is -0.483 e. The highest BCUT2D eigenvalue weighted by atomic mass is 19.1. The van der Waals surface area contributed by atoms with Gasteiger partial charge in [0.1, 0.15) is 11.6 Å². The van der Waals surface area contributed by atoms with Gasteiger partial charge in [-0.2, -0.15) is 5.10 Å². The minimum absolute atomic E-state index is 0.213. The maximum atomic E-state index is 13.0. The van der Waals surface area contributed by atoms with Crippen LogP contribution in [0.3, 0.4) is 0 Å². The van der Waals surface area contributed by atoms with E-state index >= 15 is 0 Å². The first-order valence-corrected chi connectivity index (χ1v) is 11.3. The van der Waals surface area contributed by atoms with E-state index in [4.69, 9.17) is 4.74 Å². The third-order valence-electron chi connectivity index (χ3n) is 5.08. The molecule has 3 N–H and O–H groups in total. The molecule has 0 aromatic heterocycles. The molecule has 0 atom stereocenters. The monoisotopic (exact) mass is 490 g/mol. The van der Waals surface area contributed by atoms with Crippen molar-refractivity contribution in [3.63, 3.8) is 0 Å². The lowest BCUT2D eigenvalue weighted by molar-refractivity contribution is -0.139. The molecule has 0 aliphatic rings. The third-order valence-corrected chi connectivity index (χ3v) is 5.08. The summed E-state index contributed by atoms with van der Waals surface area (Å²) in [5.74, 6) is -1.81. The second-order valence-electron chi connectivity index (χ2n) is 8.16. The number of nitrogens with one attached hydrogen (secondary N) is 3. The Morgan fingerprint density at radius 3 is 2.33 bits per heavy atom. The van der Waals surface area contributed by atoms with Gasteiger partial charge in [0.25, 0.3) is 5.91 Å². The molecule has 186 valence electrons. The van der Waals surface area contributed by atoms with Crippen molar-refractivity contribution in [3.8, 4) is 5.75 Å². The fraction of sp³-hybridized carbons (Fsp3) is 0.185. The van der Waals surface area contributed by atoms with Crippen molar-refractivity contribution in [1.82, 2.24) is 10.7 Å². The van der Waals surface area contributed by atoms with Gasteiger partial charge in [0.05, 0.1) is 6.21 Å². The number of benzene rings is 3. The molecule has 0 unspecified atom stereocenters. The molecule has 3 amide bonds. The Morgan fingerprint density at radius 1 is 0.944 bits per heavy atom. The number of amides is 3. The van der Waals surface area contributed by atoms with Crippen LogP contribution in [0, 0.1) is 5.82 Å². The molecule has 0 bridgehead atoms. The molecule has 36 heavy (non-hydrogen) atoms. The van der Waals surface area contributed by atoms with Crippen molar-refractivity contribution in [2.45, 2.75) is 26.3 Å². The smallest absolute Gasteiger partial charge is 0.329 e. The average molecular weight is 491 g/mol. The fourth-order valence-corrected chi connectivity index (χ4v) is 3.09. The molecular formula is C27H27FN4O4. The lowest BCUT2D eigenvalue weighted by atomic mass is 10.0. The number of hydrazone groups is 1. The summed E-state index contributed by atoms with van der Waals surface area (Å²) < 4.78 is 18.5. The van der Waals surface area contributed by atoms with Gasteiger partial charge in [-0.1, -0.05) is 50.2 Å². The summed E-state index contributed by atoms with van der Waals surface area (Å²) in [7, 11) is 0. The van der Waals surface area contributed by atoms with Crippen LogP contribution in [-0.4, -0.2) is 30.5 Å². The predicted octanol–water partition coefficient (Wildman–Crippen LogP) is 3.73. The minimum atomic E-state index is -0.915. The normalized spacial score (nSPS) is 10.8. The van der Waals surface area contributed by atoms with Gasteiger partial charge in [-0.3, -0.25) is 14.4 Å². The number of rotatable bonds is 9. The summed E-state index contributed by atoms with van der Waals surface area (Å²) in [5.41, 5.74) is 5.16. The largest absolute Gasteiger partial charge is 0.483 e. The van der Waals surface area contributed by atoms with Crippen LogP contribution >= 0.6 is 0 Å². The molecule has 3 aromatic carbocycles. The third kappa shape index (κ3) is 8.05. The van der Waals surface area contributed by atoms with Crippen LogP contribution in [-0.2, 0) is 20.9 Å². The summed E-state index contributed by atoms with van der Waals surface area (Å²) >= 11 is 0.